The lowest BCUT2D eigenvalue weighted by Crippen LogP contribution is -2.31. The maximum Gasteiger partial charge on any atom is 0.251 e. The maximum absolute atomic E-state index is 11.4. The fourth-order valence-corrected chi connectivity index (χ4v) is 1.68. The van der Waals surface area contributed by atoms with Crippen LogP contribution in [0.2, 0.25) is 0 Å². The van der Waals surface area contributed by atoms with Gasteiger partial charge in [-0.15, -0.1) is 0 Å². The van der Waals surface area contributed by atoms with E-state index in [0.717, 1.165) is 24.9 Å². The van der Waals surface area contributed by atoms with Crippen LogP contribution in [0.25, 0.3) is 0 Å². The Morgan fingerprint density at radius 3 is 3.08 bits per heavy atom. The Labute approximate surface area is 78.0 Å². The number of amides is 1. The minimum Gasteiger partial charge on any atom is -0.352 e. The molecular formula is C11H13NO. The average molecular weight is 175 g/mol. The molecule has 1 N–H and O–H groups in total. The van der Waals surface area contributed by atoms with Gasteiger partial charge >= 0.3 is 0 Å². The first-order valence-electron chi connectivity index (χ1n) is 4.71. The summed E-state index contributed by atoms with van der Waals surface area (Å²) in [7, 11) is 0. The van der Waals surface area contributed by atoms with Crippen LogP contribution >= 0.6 is 0 Å². The normalized spacial score (nSPS) is 15.0. The van der Waals surface area contributed by atoms with Gasteiger partial charge in [-0.1, -0.05) is 19.1 Å². The van der Waals surface area contributed by atoms with Crippen molar-refractivity contribution in [3.8, 4) is 0 Å². The SMILES string of the molecule is CCc1ccc2c(c1)C(=O)NCC2. The van der Waals surface area contributed by atoms with E-state index < -0.39 is 0 Å². The number of carbonyl (C=O) groups excluding carboxylic acids is 1. The van der Waals surface area contributed by atoms with Crippen molar-refractivity contribution in [3.05, 3.63) is 34.9 Å². The lowest BCUT2D eigenvalue weighted by molar-refractivity contribution is 0.0946. The van der Waals surface area contributed by atoms with E-state index in [1.807, 2.05) is 6.07 Å². The summed E-state index contributed by atoms with van der Waals surface area (Å²) in [5.74, 6) is 0.0801. The molecule has 1 aromatic carbocycles. The summed E-state index contributed by atoms with van der Waals surface area (Å²) in [6.45, 7) is 2.87. The first-order valence-corrected chi connectivity index (χ1v) is 4.71. The van der Waals surface area contributed by atoms with Gasteiger partial charge in [0.15, 0.2) is 0 Å². The molecule has 0 bridgehead atoms. The van der Waals surface area contributed by atoms with Gasteiger partial charge in [0.2, 0.25) is 0 Å². The Hall–Kier alpha value is -1.31. The topological polar surface area (TPSA) is 29.1 Å². The third-order valence-corrected chi connectivity index (χ3v) is 2.51. The third kappa shape index (κ3) is 1.44. The molecular weight excluding hydrogens is 162 g/mol. The van der Waals surface area contributed by atoms with Crippen LogP contribution in [0.1, 0.15) is 28.4 Å². The highest BCUT2D eigenvalue weighted by atomic mass is 16.1. The molecule has 0 atom stereocenters. The first kappa shape index (κ1) is 8.30. The van der Waals surface area contributed by atoms with Crippen LogP contribution in [0.15, 0.2) is 18.2 Å². The van der Waals surface area contributed by atoms with Gasteiger partial charge in [0.25, 0.3) is 5.91 Å². The molecule has 0 aliphatic carbocycles. The van der Waals surface area contributed by atoms with Gasteiger partial charge in [0.05, 0.1) is 0 Å². The fraction of sp³-hybridized carbons (Fsp3) is 0.364. The quantitative estimate of drug-likeness (QED) is 0.689. The molecule has 1 aromatic rings. The van der Waals surface area contributed by atoms with Crippen LogP contribution < -0.4 is 5.32 Å². The Bertz CT molecular complexity index is 344. The largest absolute Gasteiger partial charge is 0.352 e. The molecule has 2 rings (SSSR count). The van der Waals surface area contributed by atoms with Gasteiger partial charge in [0, 0.05) is 12.1 Å². The van der Waals surface area contributed by atoms with Crippen molar-refractivity contribution in [1.82, 2.24) is 5.32 Å². The van der Waals surface area contributed by atoms with Gasteiger partial charge in [-0.3, -0.25) is 4.79 Å². The molecule has 0 radical (unpaired) electrons. The van der Waals surface area contributed by atoms with Crippen LogP contribution in [-0.4, -0.2) is 12.5 Å². The summed E-state index contributed by atoms with van der Waals surface area (Å²) in [4.78, 5) is 11.4. The van der Waals surface area contributed by atoms with Gasteiger partial charge in [-0.25, -0.2) is 0 Å². The molecule has 13 heavy (non-hydrogen) atoms. The number of hydrogen-bond acceptors (Lipinski definition) is 1. The third-order valence-electron chi connectivity index (χ3n) is 2.51. The lowest BCUT2D eigenvalue weighted by Gasteiger charge is -2.16. The summed E-state index contributed by atoms with van der Waals surface area (Å²) in [6.07, 6.45) is 1.95. The van der Waals surface area contributed by atoms with E-state index in [0.29, 0.717) is 0 Å². The van der Waals surface area contributed by atoms with E-state index in [1.54, 1.807) is 0 Å². The van der Waals surface area contributed by atoms with E-state index in [-0.39, 0.29) is 5.91 Å². The summed E-state index contributed by atoms with van der Waals surface area (Å²) >= 11 is 0. The summed E-state index contributed by atoms with van der Waals surface area (Å²) in [6, 6.07) is 6.19. The number of nitrogens with one attached hydrogen (secondary N) is 1. The smallest absolute Gasteiger partial charge is 0.251 e. The summed E-state index contributed by atoms with van der Waals surface area (Å²) in [5, 5.41) is 2.85. The molecule has 68 valence electrons. The molecule has 1 heterocycles. The highest BCUT2D eigenvalue weighted by Crippen LogP contribution is 2.15. The van der Waals surface area contributed by atoms with Crippen molar-refractivity contribution in [3.63, 3.8) is 0 Å². The fourth-order valence-electron chi connectivity index (χ4n) is 1.68. The molecule has 0 unspecified atom stereocenters. The van der Waals surface area contributed by atoms with Crippen LogP contribution in [0.3, 0.4) is 0 Å². The van der Waals surface area contributed by atoms with Crippen molar-refractivity contribution < 1.29 is 4.79 Å². The van der Waals surface area contributed by atoms with Crippen molar-refractivity contribution in [1.29, 1.82) is 0 Å². The standard InChI is InChI=1S/C11H13NO/c1-2-8-3-4-9-5-6-12-11(13)10(9)7-8/h3-4,7H,2,5-6H2,1H3,(H,12,13). The minimum absolute atomic E-state index is 0.0801. The molecule has 0 fully saturated rings. The molecule has 0 spiro atoms. The summed E-state index contributed by atoms with van der Waals surface area (Å²) in [5.41, 5.74) is 3.28. The second kappa shape index (κ2) is 3.21. The van der Waals surface area contributed by atoms with Crippen LogP contribution in [0.5, 0.6) is 0 Å². The van der Waals surface area contributed by atoms with E-state index in [4.69, 9.17) is 0 Å². The Balaban J connectivity index is 2.47. The second-order valence-electron chi connectivity index (χ2n) is 3.35. The number of hydrogen-bond donors (Lipinski definition) is 1. The van der Waals surface area contributed by atoms with Crippen molar-refractivity contribution in [2.45, 2.75) is 19.8 Å². The van der Waals surface area contributed by atoms with Crippen molar-refractivity contribution in [2.75, 3.05) is 6.54 Å². The van der Waals surface area contributed by atoms with E-state index >= 15 is 0 Å². The molecule has 0 saturated heterocycles. The molecule has 2 nitrogen and oxygen atoms in total. The maximum atomic E-state index is 11.4. The molecule has 1 amide bonds. The van der Waals surface area contributed by atoms with Crippen LogP contribution in [-0.2, 0) is 12.8 Å². The highest BCUT2D eigenvalue weighted by Gasteiger charge is 2.15. The number of fused-ring (bicyclic) bond motifs is 1. The highest BCUT2D eigenvalue weighted by molar-refractivity contribution is 5.96. The monoisotopic (exact) mass is 175 g/mol. The predicted molar refractivity (Wildman–Crippen MR) is 51.9 cm³/mol. The van der Waals surface area contributed by atoms with E-state index in [1.165, 1.54) is 11.1 Å². The van der Waals surface area contributed by atoms with Crippen LogP contribution in [0.4, 0.5) is 0 Å². The zero-order valence-corrected chi connectivity index (χ0v) is 7.76. The first-order chi connectivity index (χ1) is 6.31. The van der Waals surface area contributed by atoms with E-state index in [9.17, 15) is 4.79 Å². The van der Waals surface area contributed by atoms with Gasteiger partial charge in [0.1, 0.15) is 0 Å². The average Bonchev–Trinajstić information content (AvgIpc) is 2.18. The second-order valence-corrected chi connectivity index (χ2v) is 3.35. The molecule has 2 heteroatoms. The zero-order chi connectivity index (χ0) is 9.26. The number of aryl methyl sites for hydroxylation is 1. The molecule has 0 aromatic heterocycles. The number of rotatable bonds is 1. The van der Waals surface area contributed by atoms with Crippen molar-refractivity contribution in [2.24, 2.45) is 0 Å². The minimum atomic E-state index is 0.0801. The van der Waals surface area contributed by atoms with Crippen LogP contribution in [0, 0.1) is 0 Å². The zero-order valence-electron chi connectivity index (χ0n) is 7.76. The number of carbonyl (C=O) groups is 1. The Kier molecular flexibility index (Phi) is 2.05. The molecule has 1 aliphatic rings. The summed E-state index contributed by atoms with van der Waals surface area (Å²) < 4.78 is 0. The molecule has 0 saturated carbocycles. The lowest BCUT2D eigenvalue weighted by atomic mass is 9.97. The van der Waals surface area contributed by atoms with Gasteiger partial charge < -0.3 is 5.32 Å². The van der Waals surface area contributed by atoms with Gasteiger partial charge in [-0.2, -0.15) is 0 Å². The molecule has 1 aliphatic heterocycles. The van der Waals surface area contributed by atoms with Crippen molar-refractivity contribution >= 4 is 5.91 Å². The Morgan fingerprint density at radius 2 is 2.31 bits per heavy atom. The van der Waals surface area contributed by atoms with Gasteiger partial charge in [-0.05, 0) is 30.0 Å². The predicted octanol–water partition coefficient (Wildman–Crippen LogP) is 1.53. The number of benzene rings is 1. The van der Waals surface area contributed by atoms with E-state index in [2.05, 4.69) is 24.4 Å². The Morgan fingerprint density at radius 1 is 1.46 bits per heavy atom.